The molecule has 0 saturated carbocycles. The molecule has 0 aliphatic carbocycles. The molecule has 1 atom stereocenters. The van der Waals surface area contributed by atoms with Crippen LogP contribution in [0.1, 0.15) is 44.2 Å². The highest BCUT2D eigenvalue weighted by Crippen LogP contribution is 2.26. The smallest absolute Gasteiger partial charge is 0.243 e. The van der Waals surface area contributed by atoms with Crippen molar-refractivity contribution in [3.63, 3.8) is 0 Å². The zero-order chi connectivity index (χ0) is 20.9. The number of hydrogen-bond donors (Lipinski definition) is 1. The van der Waals surface area contributed by atoms with Gasteiger partial charge in [-0.15, -0.1) is 0 Å². The van der Waals surface area contributed by atoms with Gasteiger partial charge in [0.15, 0.2) is 0 Å². The molecule has 29 heavy (non-hydrogen) atoms. The van der Waals surface area contributed by atoms with Gasteiger partial charge in [-0.2, -0.15) is 4.31 Å². The average molecular weight is 419 g/mol. The summed E-state index contributed by atoms with van der Waals surface area (Å²) >= 11 is 0. The quantitative estimate of drug-likeness (QED) is 0.742. The van der Waals surface area contributed by atoms with Crippen molar-refractivity contribution in [3.05, 3.63) is 66.0 Å². The highest BCUT2D eigenvalue weighted by atomic mass is 32.2. The molecule has 1 heterocycles. The third-order valence-electron chi connectivity index (χ3n) is 5.37. The lowest BCUT2D eigenvalue weighted by Crippen LogP contribution is -2.43. The van der Waals surface area contributed by atoms with Gasteiger partial charge in [0, 0.05) is 19.0 Å². The molecule has 1 saturated heterocycles. The van der Waals surface area contributed by atoms with Crippen LogP contribution in [0.5, 0.6) is 0 Å². The lowest BCUT2D eigenvalue weighted by Gasteiger charge is -2.31. The van der Waals surface area contributed by atoms with E-state index in [1.807, 2.05) is 30.3 Å². The van der Waals surface area contributed by atoms with Crippen LogP contribution in [-0.4, -0.2) is 31.7 Å². The van der Waals surface area contributed by atoms with Crippen LogP contribution in [0.15, 0.2) is 59.5 Å². The van der Waals surface area contributed by atoms with Gasteiger partial charge < -0.3 is 5.32 Å². The van der Waals surface area contributed by atoms with Crippen LogP contribution < -0.4 is 5.32 Å². The molecule has 5 nitrogen and oxygen atoms in total. The molecule has 7 heteroatoms. The molecule has 0 aromatic heterocycles. The molecule has 2 aromatic rings. The molecule has 0 bridgehead atoms. The van der Waals surface area contributed by atoms with Crippen molar-refractivity contribution >= 4 is 15.9 Å². The second kappa shape index (κ2) is 9.50. The minimum Gasteiger partial charge on any atom is -0.349 e. The van der Waals surface area contributed by atoms with Crippen molar-refractivity contribution in [1.29, 1.82) is 0 Å². The Morgan fingerprint density at radius 2 is 1.72 bits per heavy atom. The lowest BCUT2D eigenvalue weighted by molar-refractivity contribution is -0.127. The monoisotopic (exact) mass is 418 g/mol. The van der Waals surface area contributed by atoms with Crippen molar-refractivity contribution in [2.45, 2.75) is 43.5 Å². The van der Waals surface area contributed by atoms with E-state index < -0.39 is 15.8 Å². The van der Waals surface area contributed by atoms with Gasteiger partial charge >= 0.3 is 0 Å². The maximum Gasteiger partial charge on any atom is 0.243 e. The Morgan fingerprint density at radius 1 is 1.10 bits per heavy atom. The first kappa shape index (κ1) is 21.5. The largest absolute Gasteiger partial charge is 0.349 e. The Balaban J connectivity index is 1.61. The van der Waals surface area contributed by atoms with Gasteiger partial charge in [0.05, 0.1) is 10.9 Å². The molecule has 1 fully saturated rings. The SMILES string of the molecule is CCCC(NC(=O)C1CCN(S(=O)(=O)c2ccc(F)cc2)CC1)c1ccccc1. The first-order chi connectivity index (χ1) is 13.9. The summed E-state index contributed by atoms with van der Waals surface area (Å²) in [4.78, 5) is 12.9. The third-order valence-corrected chi connectivity index (χ3v) is 7.28. The van der Waals surface area contributed by atoms with Gasteiger partial charge in [-0.25, -0.2) is 12.8 Å². The van der Waals surface area contributed by atoms with Crippen LogP contribution in [-0.2, 0) is 14.8 Å². The van der Waals surface area contributed by atoms with Crippen LogP contribution in [0.4, 0.5) is 4.39 Å². The predicted octanol–water partition coefficient (Wildman–Crippen LogP) is 3.88. The van der Waals surface area contributed by atoms with Gasteiger partial charge in [-0.1, -0.05) is 43.7 Å². The Bertz CT molecular complexity index is 909. The zero-order valence-corrected chi connectivity index (χ0v) is 17.4. The minimum atomic E-state index is -3.67. The second-order valence-electron chi connectivity index (χ2n) is 7.39. The van der Waals surface area contributed by atoms with Gasteiger partial charge in [0.1, 0.15) is 5.82 Å². The molecule has 3 rings (SSSR count). The molecule has 156 valence electrons. The summed E-state index contributed by atoms with van der Waals surface area (Å²) in [5.41, 5.74) is 1.08. The number of amides is 1. The number of piperidine rings is 1. The number of nitrogens with zero attached hydrogens (tertiary/aromatic N) is 1. The summed E-state index contributed by atoms with van der Waals surface area (Å²) in [5.74, 6) is -0.705. The molecule has 1 aliphatic rings. The number of hydrogen-bond acceptors (Lipinski definition) is 3. The molecule has 0 spiro atoms. The normalized spacial score (nSPS) is 17.0. The predicted molar refractivity (Wildman–Crippen MR) is 110 cm³/mol. The van der Waals surface area contributed by atoms with Crippen molar-refractivity contribution in [3.8, 4) is 0 Å². The van der Waals surface area contributed by atoms with Crippen LogP contribution in [0.2, 0.25) is 0 Å². The van der Waals surface area contributed by atoms with E-state index in [2.05, 4.69) is 12.2 Å². The highest BCUT2D eigenvalue weighted by molar-refractivity contribution is 7.89. The van der Waals surface area contributed by atoms with Crippen LogP contribution in [0, 0.1) is 11.7 Å². The van der Waals surface area contributed by atoms with E-state index in [-0.39, 0.29) is 35.9 Å². The third kappa shape index (κ3) is 5.22. The van der Waals surface area contributed by atoms with E-state index in [0.717, 1.165) is 30.5 Å². The Morgan fingerprint density at radius 3 is 2.31 bits per heavy atom. The lowest BCUT2D eigenvalue weighted by atomic mass is 9.95. The number of carbonyl (C=O) groups is 1. The summed E-state index contributed by atoms with van der Waals surface area (Å²) in [5, 5.41) is 3.15. The molecule has 1 unspecified atom stereocenters. The van der Waals surface area contributed by atoms with Crippen LogP contribution >= 0.6 is 0 Å². The molecular weight excluding hydrogens is 391 g/mol. The van der Waals surface area contributed by atoms with Crippen molar-refractivity contribution < 1.29 is 17.6 Å². The highest BCUT2D eigenvalue weighted by Gasteiger charge is 2.32. The number of rotatable bonds is 7. The standard InChI is InChI=1S/C22H27FN2O3S/c1-2-6-21(17-7-4-3-5-8-17)24-22(26)18-13-15-25(16-14-18)29(27,28)20-11-9-19(23)10-12-20/h3-5,7-12,18,21H,2,6,13-16H2,1H3,(H,24,26). The first-order valence-corrected chi connectivity index (χ1v) is 11.5. The number of nitrogens with one attached hydrogen (secondary N) is 1. The van der Waals surface area contributed by atoms with E-state index in [9.17, 15) is 17.6 Å². The number of benzene rings is 2. The Labute approximate surface area is 172 Å². The number of carbonyl (C=O) groups excluding carboxylic acids is 1. The Kier molecular flexibility index (Phi) is 7.03. The van der Waals surface area contributed by atoms with E-state index >= 15 is 0 Å². The minimum absolute atomic E-state index is 0.0221. The maximum atomic E-state index is 13.1. The van der Waals surface area contributed by atoms with E-state index in [1.54, 1.807) is 0 Å². The Hall–Kier alpha value is -2.25. The summed E-state index contributed by atoms with van der Waals surface area (Å²) < 4.78 is 39.9. The van der Waals surface area contributed by atoms with E-state index in [4.69, 9.17) is 0 Å². The fourth-order valence-corrected chi connectivity index (χ4v) is 5.17. The van der Waals surface area contributed by atoms with E-state index in [1.165, 1.54) is 16.4 Å². The zero-order valence-electron chi connectivity index (χ0n) is 16.6. The molecule has 1 amide bonds. The topological polar surface area (TPSA) is 66.5 Å². The van der Waals surface area contributed by atoms with Gasteiger partial charge in [0.2, 0.25) is 15.9 Å². The van der Waals surface area contributed by atoms with Crippen molar-refractivity contribution in [2.24, 2.45) is 5.92 Å². The first-order valence-electron chi connectivity index (χ1n) is 10.0. The van der Waals surface area contributed by atoms with Gasteiger partial charge in [-0.05, 0) is 49.1 Å². The number of sulfonamides is 1. The van der Waals surface area contributed by atoms with Gasteiger partial charge in [0.25, 0.3) is 0 Å². The second-order valence-corrected chi connectivity index (χ2v) is 9.33. The maximum absolute atomic E-state index is 13.1. The molecule has 1 aliphatic heterocycles. The molecular formula is C22H27FN2O3S. The summed E-state index contributed by atoms with van der Waals surface area (Å²) in [6.45, 7) is 2.64. The fraction of sp³-hybridized carbons (Fsp3) is 0.409. The molecule has 0 radical (unpaired) electrons. The summed E-state index contributed by atoms with van der Waals surface area (Å²) in [6, 6.07) is 14.7. The van der Waals surface area contributed by atoms with Gasteiger partial charge in [-0.3, -0.25) is 4.79 Å². The number of halogens is 1. The van der Waals surface area contributed by atoms with Crippen LogP contribution in [0.3, 0.4) is 0 Å². The van der Waals surface area contributed by atoms with E-state index in [0.29, 0.717) is 12.8 Å². The van der Waals surface area contributed by atoms with Crippen molar-refractivity contribution in [2.75, 3.05) is 13.1 Å². The summed E-state index contributed by atoms with van der Waals surface area (Å²) in [6.07, 6.45) is 2.75. The van der Waals surface area contributed by atoms with Crippen molar-refractivity contribution in [1.82, 2.24) is 9.62 Å². The molecule has 1 N–H and O–H groups in total. The fourth-order valence-electron chi connectivity index (χ4n) is 3.70. The average Bonchev–Trinajstić information content (AvgIpc) is 2.74. The molecule has 2 aromatic carbocycles. The van der Waals surface area contributed by atoms with Crippen LogP contribution in [0.25, 0.3) is 0 Å². The summed E-state index contributed by atoms with van der Waals surface area (Å²) in [7, 11) is -3.67.